The summed E-state index contributed by atoms with van der Waals surface area (Å²) >= 11 is 7.82. The Kier molecular flexibility index (Phi) is 4.61. The molecule has 0 spiro atoms. The number of anilines is 2. The Morgan fingerprint density at radius 3 is 2.41 bits per heavy atom. The van der Waals surface area contributed by atoms with Crippen LogP contribution < -0.4 is 14.4 Å². The number of aromatic hydroxyl groups is 1. The van der Waals surface area contributed by atoms with E-state index in [1.54, 1.807) is 17.8 Å². The van der Waals surface area contributed by atoms with Gasteiger partial charge in [0, 0.05) is 42.3 Å². The van der Waals surface area contributed by atoms with Gasteiger partial charge in [0.15, 0.2) is 11.5 Å². The van der Waals surface area contributed by atoms with Crippen LogP contribution >= 0.6 is 23.4 Å². The lowest BCUT2D eigenvalue weighted by Gasteiger charge is -2.33. The fourth-order valence-electron chi connectivity index (χ4n) is 3.39. The molecule has 2 aromatic rings. The van der Waals surface area contributed by atoms with E-state index < -0.39 is 5.79 Å². The van der Waals surface area contributed by atoms with E-state index in [4.69, 9.17) is 21.1 Å². The van der Waals surface area contributed by atoms with Gasteiger partial charge >= 0.3 is 0 Å². The van der Waals surface area contributed by atoms with Gasteiger partial charge in [0.25, 0.3) is 0 Å². The van der Waals surface area contributed by atoms with Gasteiger partial charge in [-0.25, -0.2) is 0 Å². The fourth-order valence-corrected chi connectivity index (χ4v) is 4.67. The van der Waals surface area contributed by atoms with E-state index in [1.807, 2.05) is 32.0 Å². The van der Waals surface area contributed by atoms with E-state index in [0.29, 0.717) is 5.02 Å². The number of rotatable bonds is 4. The first-order chi connectivity index (χ1) is 12.7. The summed E-state index contributed by atoms with van der Waals surface area (Å²) in [6.45, 7) is 5.63. The molecule has 0 bridgehead atoms. The van der Waals surface area contributed by atoms with E-state index in [-0.39, 0.29) is 5.75 Å². The molecule has 0 unspecified atom stereocenters. The minimum atomic E-state index is -0.666. The monoisotopic (exact) mass is 406 g/mol. The van der Waals surface area contributed by atoms with E-state index in [2.05, 4.69) is 23.9 Å². The van der Waals surface area contributed by atoms with Crippen molar-refractivity contribution >= 4 is 34.7 Å². The molecule has 2 aliphatic rings. The summed E-state index contributed by atoms with van der Waals surface area (Å²) in [5, 5.41) is 10.4. The lowest BCUT2D eigenvalue weighted by atomic mass is 10.2. The van der Waals surface area contributed by atoms with Gasteiger partial charge in [-0.05, 0) is 39.2 Å². The minimum absolute atomic E-state index is 0.0986. The van der Waals surface area contributed by atoms with Crippen molar-refractivity contribution in [3.05, 3.63) is 29.3 Å². The maximum absolute atomic E-state index is 10.1. The summed E-state index contributed by atoms with van der Waals surface area (Å²) in [5.41, 5.74) is 2.08. The molecule has 27 heavy (non-hydrogen) atoms. The van der Waals surface area contributed by atoms with Crippen LogP contribution in [0.15, 0.2) is 34.1 Å². The quantitative estimate of drug-likeness (QED) is 0.761. The highest BCUT2D eigenvalue weighted by atomic mass is 35.5. The molecule has 7 heteroatoms. The van der Waals surface area contributed by atoms with Crippen LogP contribution in [0.25, 0.3) is 0 Å². The van der Waals surface area contributed by atoms with Crippen molar-refractivity contribution in [1.29, 1.82) is 0 Å². The smallest absolute Gasteiger partial charge is 0.246 e. The lowest BCUT2D eigenvalue weighted by molar-refractivity contribution is -0.0431. The van der Waals surface area contributed by atoms with Crippen LogP contribution in [-0.2, 0) is 0 Å². The largest absolute Gasteiger partial charge is 0.506 e. The second-order valence-electron chi connectivity index (χ2n) is 7.55. The van der Waals surface area contributed by atoms with Crippen molar-refractivity contribution in [1.82, 2.24) is 4.90 Å². The molecule has 0 radical (unpaired) electrons. The fraction of sp³-hybridized carbons (Fsp3) is 0.400. The van der Waals surface area contributed by atoms with Crippen molar-refractivity contribution in [2.24, 2.45) is 0 Å². The summed E-state index contributed by atoms with van der Waals surface area (Å²) in [5.74, 6) is 0.939. The molecule has 144 valence electrons. The Labute approximate surface area is 168 Å². The Hall–Kier alpha value is -1.76. The van der Waals surface area contributed by atoms with Gasteiger partial charge in [0.1, 0.15) is 5.75 Å². The maximum atomic E-state index is 10.1. The van der Waals surface area contributed by atoms with E-state index in [0.717, 1.165) is 52.2 Å². The molecule has 0 fully saturated rings. The number of hydrogen-bond acceptors (Lipinski definition) is 6. The molecule has 0 amide bonds. The average molecular weight is 407 g/mol. The Bertz CT molecular complexity index is 901. The summed E-state index contributed by atoms with van der Waals surface area (Å²) in [6.07, 6.45) is 0.995. The van der Waals surface area contributed by atoms with E-state index >= 15 is 0 Å². The average Bonchev–Trinajstić information content (AvgIpc) is 2.86. The highest BCUT2D eigenvalue weighted by molar-refractivity contribution is 7.99. The van der Waals surface area contributed by atoms with Gasteiger partial charge < -0.3 is 24.4 Å². The first-order valence-electron chi connectivity index (χ1n) is 8.92. The van der Waals surface area contributed by atoms with Crippen molar-refractivity contribution < 1.29 is 14.6 Å². The molecule has 2 aromatic carbocycles. The van der Waals surface area contributed by atoms with Gasteiger partial charge in [0.05, 0.1) is 16.4 Å². The van der Waals surface area contributed by atoms with Crippen molar-refractivity contribution in [2.75, 3.05) is 32.1 Å². The molecule has 0 saturated carbocycles. The summed E-state index contributed by atoms with van der Waals surface area (Å²) < 4.78 is 11.9. The van der Waals surface area contributed by atoms with E-state index in [1.165, 1.54) is 0 Å². The van der Waals surface area contributed by atoms with Gasteiger partial charge in [-0.3, -0.25) is 0 Å². The molecule has 4 rings (SSSR count). The van der Waals surface area contributed by atoms with Crippen LogP contribution in [0.4, 0.5) is 11.4 Å². The predicted octanol–water partition coefficient (Wildman–Crippen LogP) is 5.11. The number of hydrogen-bond donors (Lipinski definition) is 1. The molecular weight excluding hydrogens is 384 g/mol. The Morgan fingerprint density at radius 1 is 1.07 bits per heavy atom. The molecule has 0 saturated heterocycles. The summed E-state index contributed by atoms with van der Waals surface area (Å²) in [7, 11) is 4.14. The number of nitrogens with zero attached hydrogens (tertiary/aromatic N) is 2. The molecular formula is C20H23ClN2O3S. The second-order valence-corrected chi connectivity index (χ2v) is 9.04. The molecule has 0 aliphatic carbocycles. The third-order valence-corrected chi connectivity index (χ3v) is 5.95. The van der Waals surface area contributed by atoms with Crippen molar-refractivity contribution in [3.8, 4) is 17.2 Å². The van der Waals surface area contributed by atoms with Crippen LogP contribution in [0.3, 0.4) is 0 Å². The van der Waals surface area contributed by atoms with Crippen LogP contribution in [0, 0.1) is 0 Å². The maximum Gasteiger partial charge on any atom is 0.246 e. The number of halogens is 1. The van der Waals surface area contributed by atoms with Gasteiger partial charge in [0.2, 0.25) is 5.79 Å². The molecule has 0 atom stereocenters. The molecule has 5 nitrogen and oxygen atoms in total. The topological polar surface area (TPSA) is 45.2 Å². The molecule has 2 aliphatic heterocycles. The SMILES string of the molecule is CN(C)CCCN1c2cc(Cl)c(O)cc2Sc2cc3c(cc21)OC(C)(C)O3. The third kappa shape index (κ3) is 3.53. The number of phenols is 1. The molecule has 0 aromatic heterocycles. The van der Waals surface area contributed by atoms with Gasteiger partial charge in [-0.15, -0.1) is 0 Å². The number of fused-ring (bicyclic) bond motifs is 3. The molecule has 1 N–H and O–H groups in total. The zero-order valence-corrected chi connectivity index (χ0v) is 17.4. The minimum Gasteiger partial charge on any atom is -0.506 e. The summed E-state index contributed by atoms with van der Waals surface area (Å²) in [6, 6.07) is 7.65. The van der Waals surface area contributed by atoms with Crippen LogP contribution in [0.5, 0.6) is 17.2 Å². The lowest BCUT2D eigenvalue weighted by Crippen LogP contribution is -2.29. The van der Waals surface area contributed by atoms with Crippen LogP contribution in [-0.4, -0.2) is 43.0 Å². The zero-order chi connectivity index (χ0) is 19.3. The first kappa shape index (κ1) is 18.6. The summed E-state index contributed by atoms with van der Waals surface area (Å²) in [4.78, 5) is 6.48. The Balaban J connectivity index is 1.76. The third-order valence-electron chi connectivity index (χ3n) is 4.55. The van der Waals surface area contributed by atoms with E-state index in [9.17, 15) is 5.11 Å². The van der Waals surface area contributed by atoms with Crippen LogP contribution in [0.2, 0.25) is 5.02 Å². The predicted molar refractivity (Wildman–Crippen MR) is 109 cm³/mol. The number of phenolic OH excluding ortho intramolecular Hbond substituents is 1. The number of benzene rings is 2. The standard InChI is InChI=1S/C20H23ClN2O3S/c1-20(2)25-16-9-14-19(11-17(16)26-20)27-18-10-15(24)12(21)8-13(18)23(14)7-5-6-22(3)4/h8-11,24H,5-7H2,1-4H3. The highest BCUT2D eigenvalue weighted by Crippen LogP contribution is 2.54. The molecule has 2 heterocycles. The Morgan fingerprint density at radius 2 is 1.70 bits per heavy atom. The zero-order valence-electron chi connectivity index (χ0n) is 15.9. The van der Waals surface area contributed by atoms with Crippen molar-refractivity contribution in [3.63, 3.8) is 0 Å². The second kappa shape index (κ2) is 6.69. The van der Waals surface area contributed by atoms with Crippen LogP contribution in [0.1, 0.15) is 20.3 Å². The van der Waals surface area contributed by atoms with Crippen molar-refractivity contribution in [2.45, 2.75) is 35.8 Å². The van der Waals surface area contributed by atoms with Gasteiger partial charge in [-0.2, -0.15) is 0 Å². The first-order valence-corrected chi connectivity index (χ1v) is 10.1. The normalized spacial score (nSPS) is 16.4. The number of ether oxygens (including phenoxy) is 2. The highest BCUT2D eigenvalue weighted by Gasteiger charge is 2.35. The van der Waals surface area contributed by atoms with Gasteiger partial charge in [-0.1, -0.05) is 23.4 Å².